The Bertz CT molecular complexity index is 1880. The first-order chi connectivity index (χ1) is 22.1. The third-order valence-electron chi connectivity index (χ3n) is 10.3. The Morgan fingerprint density at radius 1 is 0.851 bits per heavy atom. The molecule has 0 spiro atoms. The summed E-state index contributed by atoms with van der Waals surface area (Å²) >= 11 is 0. The van der Waals surface area contributed by atoms with Crippen molar-refractivity contribution in [1.82, 2.24) is 0 Å². The SMILES string of the molecule is CCN1C(=CC=C2CCC(C=CC3=[N+](CC)c4ccc(C)cc4C3(C)C)=C2C2=C(O)OC(C)(C)OC2=O)C(C)(C)c2cc(C)ccc21. The second-order valence-corrected chi connectivity index (χ2v) is 14.7. The number of nitrogens with zero attached hydrogens (tertiary/aromatic N) is 2. The Labute approximate surface area is 280 Å². The Balaban J connectivity index is 1.48. The van der Waals surface area contributed by atoms with E-state index in [2.05, 4.69) is 126 Å². The van der Waals surface area contributed by atoms with Gasteiger partial charge in [0.05, 0.1) is 5.41 Å². The number of ether oxygens (including phenoxy) is 2. The van der Waals surface area contributed by atoms with E-state index >= 15 is 0 Å². The topological polar surface area (TPSA) is 62.0 Å². The van der Waals surface area contributed by atoms with Gasteiger partial charge in [0.1, 0.15) is 12.1 Å². The van der Waals surface area contributed by atoms with Crippen LogP contribution in [0.25, 0.3) is 0 Å². The number of aliphatic hydroxyl groups is 1. The van der Waals surface area contributed by atoms with E-state index < -0.39 is 17.7 Å². The zero-order chi connectivity index (χ0) is 34.1. The van der Waals surface area contributed by atoms with E-state index in [1.807, 2.05) is 0 Å². The van der Waals surface area contributed by atoms with Gasteiger partial charge in [-0.15, -0.1) is 0 Å². The maximum atomic E-state index is 13.5. The predicted octanol–water partition coefficient (Wildman–Crippen LogP) is 9.05. The molecule has 1 aliphatic carbocycles. The van der Waals surface area contributed by atoms with Crippen molar-refractivity contribution in [3.8, 4) is 0 Å². The molecule has 2 aromatic carbocycles. The highest BCUT2D eigenvalue weighted by atomic mass is 16.8. The van der Waals surface area contributed by atoms with Crippen LogP contribution in [0.1, 0.15) is 90.5 Å². The van der Waals surface area contributed by atoms with Crippen molar-refractivity contribution in [2.24, 2.45) is 0 Å². The minimum atomic E-state index is -1.25. The first-order valence-electron chi connectivity index (χ1n) is 16.9. The number of anilines is 1. The summed E-state index contributed by atoms with van der Waals surface area (Å²) in [6, 6.07) is 13.4. The van der Waals surface area contributed by atoms with Gasteiger partial charge in [-0.05, 0) is 89.3 Å². The number of cyclic esters (lactones) is 1. The maximum absolute atomic E-state index is 13.5. The molecule has 0 fully saturated rings. The fourth-order valence-corrected chi connectivity index (χ4v) is 7.87. The average Bonchev–Trinajstić information content (AvgIpc) is 3.54. The van der Waals surface area contributed by atoms with E-state index in [-0.39, 0.29) is 16.4 Å². The third kappa shape index (κ3) is 5.36. The molecule has 4 aliphatic rings. The van der Waals surface area contributed by atoms with Gasteiger partial charge in [-0.3, -0.25) is 0 Å². The fourth-order valence-electron chi connectivity index (χ4n) is 7.87. The summed E-state index contributed by atoms with van der Waals surface area (Å²) < 4.78 is 13.8. The van der Waals surface area contributed by atoms with Crippen LogP contribution >= 0.6 is 0 Å². The number of carbonyl (C=O) groups excluding carboxylic acids is 1. The molecule has 0 bridgehead atoms. The van der Waals surface area contributed by atoms with Crippen LogP contribution in [0.15, 0.2) is 94.6 Å². The lowest BCUT2D eigenvalue weighted by atomic mass is 9.80. The van der Waals surface area contributed by atoms with Crippen LogP contribution in [-0.4, -0.2) is 40.2 Å². The molecule has 3 aliphatic heterocycles. The molecule has 6 nitrogen and oxygen atoms in total. The average molecular weight is 634 g/mol. The summed E-state index contributed by atoms with van der Waals surface area (Å²) in [6.45, 7) is 22.7. The number of esters is 1. The zero-order valence-corrected chi connectivity index (χ0v) is 29.7. The molecule has 0 saturated heterocycles. The van der Waals surface area contributed by atoms with Gasteiger partial charge in [-0.2, -0.15) is 4.58 Å². The molecule has 2 aromatic rings. The number of carbonyl (C=O) groups is 1. The number of rotatable bonds is 6. The van der Waals surface area contributed by atoms with Crippen LogP contribution in [0.2, 0.25) is 0 Å². The van der Waals surface area contributed by atoms with Crippen molar-refractivity contribution in [3.05, 3.63) is 117 Å². The van der Waals surface area contributed by atoms with E-state index in [0.717, 1.165) is 37.1 Å². The minimum absolute atomic E-state index is 0.0880. The number of fused-ring (bicyclic) bond motifs is 2. The second kappa shape index (κ2) is 11.4. The molecule has 0 aromatic heterocycles. The molecular formula is C41H49N2O4+. The lowest BCUT2D eigenvalue weighted by Gasteiger charge is -2.31. The number of benzene rings is 2. The molecule has 6 heteroatoms. The van der Waals surface area contributed by atoms with Crippen LogP contribution in [-0.2, 0) is 25.1 Å². The largest absolute Gasteiger partial charge is 0.480 e. The Morgan fingerprint density at radius 3 is 2.19 bits per heavy atom. The number of hydrogen-bond donors (Lipinski definition) is 1. The van der Waals surface area contributed by atoms with Crippen molar-refractivity contribution in [2.75, 3.05) is 18.0 Å². The second-order valence-electron chi connectivity index (χ2n) is 14.7. The van der Waals surface area contributed by atoms with E-state index in [1.165, 1.54) is 45.0 Å². The van der Waals surface area contributed by atoms with Crippen LogP contribution < -0.4 is 4.90 Å². The van der Waals surface area contributed by atoms with Gasteiger partial charge in [0.15, 0.2) is 5.71 Å². The van der Waals surface area contributed by atoms with E-state index in [0.29, 0.717) is 5.57 Å². The zero-order valence-electron chi connectivity index (χ0n) is 29.7. The van der Waals surface area contributed by atoms with Crippen LogP contribution in [0.5, 0.6) is 0 Å². The molecule has 246 valence electrons. The lowest BCUT2D eigenvalue weighted by molar-refractivity contribution is -0.433. The molecule has 3 heterocycles. The molecule has 0 atom stereocenters. The van der Waals surface area contributed by atoms with Gasteiger partial charge in [0, 0.05) is 60.5 Å². The molecule has 0 saturated carbocycles. The first kappa shape index (κ1) is 32.6. The van der Waals surface area contributed by atoms with Gasteiger partial charge in [-0.25, -0.2) is 4.79 Å². The van der Waals surface area contributed by atoms with Gasteiger partial charge in [0.2, 0.25) is 5.69 Å². The van der Waals surface area contributed by atoms with Gasteiger partial charge >= 0.3 is 5.97 Å². The van der Waals surface area contributed by atoms with Gasteiger partial charge in [0.25, 0.3) is 11.7 Å². The van der Waals surface area contributed by atoms with E-state index in [4.69, 9.17) is 9.47 Å². The number of aryl methyl sites for hydroxylation is 2. The summed E-state index contributed by atoms with van der Waals surface area (Å²) in [7, 11) is 0. The highest BCUT2D eigenvalue weighted by Crippen LogP contribution is 2.49. The smallest absolute Gasteiger partial charge is 0.349 e. The summed E-state index contributed by atoms with van der Waals surface area (Å²) in [5, 5.41) is 11.2. The first-order valence-corrected chi connectivity index (χ1v) is 16.9. The minimum Gasteiger partial charge on any atom is -0.480 e. The van der Waals surface area contributed by atoms with Crippen LogP contribution in [0.4, 0.5) is 11.4 Å². The monoisotopic (exact) mass is 633 g/mol. The maximum Gasteiger partial charge on any atom is 0.349 e. The molecule has 47 heavy (non-hydrogen) atoms. The van der Waals surface area contributed by atoms with Crippen molar-refractivity contribution < 1.29 is 24.0 Å². The Morgan fingerprint density at radius 2 is 1.53 bits per heavy atom. The summed E-state index contributed by atoms with van der Waals surface area (Å²) in [4.78, 5) is 15.9. The normalized spacial score (nSPS) is 22.9. The summed E-state index contributed by atoms with van der Waals surface area (Å²) in [5.41, 5.74) is 12.3. The molecular weight excluding hydrogens is 584 g/mol. The standard InChI is InChI=1S/C41H48N2O4/c1-11-42-31-19-13-25(3)23-29(31)39(5,6)33(42)21-17-27-15-16-28(35(27)36-37(44)46-41(9,10)47-38(36)45)18-22-34-40(7,8)30-24-26(4)14-20-32(30)43(34)12-2/h13-14,17-24H,11-12,15-16H2,1-10H3/p+1. The number of allylic oxidation sites excluding steroid dienone is 7. The van der Waals surface area contributed by atoms with Crippen molar-refractivity contribution in [1.29, 1.82) is 0 Å². The molecule has 6 rings (SSSR count). The molecule has 0 amide bonds. The lowest BCUT2D eigenvalue weighted by Crippen LogP contribution is -2.37. The van der Waals surface area contributed by atoms with Crippen LogP contribution in [0.3, 0.4) is 0 Å². The Hall–Kier alpha value is -4.32. The highest BCUT2D eigenvalue weighted by Gasteiger charge is 2.45. The van der Waals surface area contributed by atoms with E-state index in [1.54, 1.807) is 13.8 Å². The van der Waals surface area contributed by atoms with Crippen molar-refractivity contribution in [2.45, 2.75) is 98.7 Å². The fraction of sp³-hybridized carbons (Fsp3) is 0.415. The molecule has 0 unspecified atom stereocenters. The number of likely N-dealkylation sites (N-methyl/N-ethyl adjacent to an activating group) is 1. The quantitative estimate of drug-likeness (QED) is 0.254. The number of aliphatic hydroxyl groups excluding tert-OH is 1. The van der Waals surface area contributed by atoms with Gasteiger partial charge in [-0.1, -0.05) is 55.3 Å². The van der Waals surface area contributed by atoms with Gasteiger partial charge < -0.3 is 19.5 Å². The molecule has 1 N–H and O–H groups in total. The third-order valence-corrected chi connectivity index (χ3v) is 10.3. The predicted molar refractivity (Wildman–Crippen MR) is 189 cm³/mol. The van der Waals surface area contributed by atoms with Crippen LogP contribution in [0, 0.1) is 13.8 Å². The molecule has 0 radical (unpaired) electrons. The summed E-state index contributed by atoms with van der Waals surface area (Å²) in [5.74, 6) is -2.22. The Kier molecular flexibility index (Phi) is 7.93. The number of hydrogen-bond acceptors (Lipinski definition) is 5. The van der Waals surface area contributed by atoms with Crippen molar-refractivity contribution in [3.63, 3.8) is 0 Å². The highest BCUT2D eigenvalue weighted by molar-refractivity contribution is 6.03. The van der Waals surface area contributed by atoms with E-state index in [9.17, 15) is 9.90 Å². The summed E-state index contributed by atoms with van der Waals surface area (Å²) in [6.07, 6.45) is 10.1. The van der Waals surface area contributed by atoms with Crippen molar-refractivity contribution >= 4 is 23.1 Å².